The Kier molecular flexibility index (Phi) is 1.80. The molecule has 1 aromatic heterocycles. The van der Waals surface area contributed by atoms with Gasteiger partial charge in [0.2, 0.25) is 5.82 Å². The minimum atomic E-state index is 0.263. The SMILES string of the molecule is CCn1nc(C=O)nc1C. The molecule has 0 aliphatic carbocycles. The molecule has 0 spiro atoms. The molecule has 0 saturated heterocycles. The van der Waals surface area contributed by atoms with E-state index in [1.54, 1.807) is 4.68 Å². The number of hydrogen-bond donors (Lipinski definition) is 0. The van der Waals surface area contributed by atoms with E-state index in [0.29, 0.717) is 6.29 Å². The quantitative estimate of drug-likeness (QED) is 0.558. The fourth-order valence-electron chi connectivity index (χ4n) is 0.791. The maximum atomic E-state index is 10.1. The summed E-state index contributed by atoms with van der Waals surface area (Å²) >= 11 is 0. The first-order chi connectivity index (χ1) is 4.77. The highest BCUT2D eigenvalue weighted by Gasteiger charge is 2.00. The lowest BCUT2D eigenvalue weighted by molar-refractivity contribution is 0.111. The van der Waals surface area contributed by atoms with Gasteiger partial charge in [-0.15, -0.1) is 5.10 Å². The summed E-state index contributed by atoms with van der Waals surface area (Å²) in [4.78, 5) is 14.0. The van der Waals surface area contributed by atoms with E-state index in [4.69, 9.17) is 0 Å². The second-order valence-corrected chi connectivity index (χ2v) is 1.95. The second kappa shape index (κ2) is 2.60. The number of nitrogens with zero attached hydrogens (tertiary/aromatic N) is 3. The summed E-state index contributed by atoms with van der Waals surface area (Å²) in [5.74, 6) is 1.05. The van der Waals surface area contributed by atoms with E-state index in [1.807, 2.05) is 13.8 Å². The molecule has 1 heterocycles. The lowest BCUT2D eigenvalue weighted by atomic mass is 10.6. The Labute approximate surface area is 58.9 Å². The highest BCUT2D eigenvalue weighted by molar-refractivity contribution is 5.68. The maximum absolute atomic E-state index is 10.1. The number of aromatic nitrogens is 3. The third kappa shape index (κ3) is 1.05. The molecule has 10 heavy (non-hydrogen) atoms. The molecule has 0 amide bonds. The fourth-order valence-corrected chi connectivity index (χ4v) is 0.791. The third-order valence-electron chi connectivity index (χ3n) is 1.28. The van der Waals surface area contributed by atoms with Crippen molar-refractivity contribution in [3.63, 3.8) is 0 Å². The summed E-state index contributed by atoms with van der Waals surface area (Å²) in [6.07, 6.45) is 0.652. The van der Waals surface area contributed by atoms with Crippen molar-refractivity contribution in [2.45, 2.75) is 20.4 Å². The van der Waals surface area contributed by atoms with Crippen molar-refractivity contribution in [2.24, 2.45) is 0 Å². The molecule has 1 rings (SSSR count). The molecule has 0 atom stereocenters. The molecule has 4 nitrogen and oxygen atoms in total. The molecule has 54 valence electrons. The topological polar surface area (TPSA) is 47.8 Å². The van der Waals surface area contributed by atoms with Crippen LogP contribution in [0.5, 0.6) is 0 Å². The van der Waals surface area contributed by atoms with Crippen LogP contribution in [0.2, 0.25) is 0 Å². The highest BCUT2D eigenvalue weighted by Crippen LogP contribution is 1.93. The summed E-state index contributed by atoms with van der Waals surface area (Å²) in [6.45, 7) is 4.53. The number of rotatable bonds is 2. The van der Waals surface area contributed by atoms with Gasteiger partial charge in [0.1, 0.15) is 5.82 Å². The lowest BCUT2D eigenvalue weighted by Crippen LogP contribution is -1.98. The van der Waals surface area contributed by atoms with Crippen molar-refractivity contribution in [1.29, 1.82) is 0 Å². The van der Waals surface area contributed by atoms with Crippen LogP contribution in [0.3, 0.4) is 0 Å². The molecule has 0 unspecified atom stereocenters. The van der Waals surface area contributed by atoms with Crippen LogP contribution in [0, 0.1) is 6.92 Å². The van der Waals surface area contributed by atoms with Gasteiger partial charge in [-0.3, -0.25) is 4.79 Å². The summed E-state index contributed by atoms with van der Waals surface area (Å²) < 4.78 is 1.68. The molecule has 4 heteroatoms. The molecule has 0 radical (unpaired) electrons. The van der Waals surface area contributed by atoms with Gasteiger partial charge in [-0.05, 0) is 13.8 Å². The Bertz CT molecular complexity index is 241. The van der Waals surface area contributed by atoms with Crippen LogP contribution in [0.1, 0.15) is 23.4 Å². The van der Waals surface area contributed by atoms with Crippen molar-refractivity contribution in [3.05, 3.63) is 11.6 Å². The van der Waals surface area contributed by atoms with Gasteiger partial charge in [0.25, 0.3) is 0 Å². The van der Waals surface area contributed by atoms with Crippen LogP contribution < -0.4 is 0 Å². The van der Waals surface area contributed by atoms with Crippen LogP contribution in [-0.4, -0.2) is 21.1 Å². The Hall–Kier alpha value is -1.19. The molecular formula is C6H9N3O. The molecule has 0 aliphatic rings. The Morgan fingerprint density at radius 3 is 2.70 bits per heavy atom. The van der Waals surface area contributed by atoms with Gasteiger partial charge in [-0.1, -0.05) is 0 Å². The Morgan fingerprint density at radius 2 is 2.40 bits per heavy atom. The number of hydrogen-bond acceptors (Lipinski definition) is 3. The summed E-state index contributed by atoms with van der Waals surface area (Å²) in [5, 5.41) is 3.88. The minimum absolute atomic E-state index is 0.263. The van der Waals surface area contributed by atoms with Gasteiger partial charge in [0, 0.05) is 6.54 Å². The largest absolute Gasteiger partial charge is 0.294 e. The number of carbonyl (C=O) groups is 1. The number of carbonyl (C=O) groups excluding carboxylic acids is 1. The normalized spacial score (nSPS) is 9.80. The van der Waals surface area contributed by atoms with Crippen LogP contribution in [0.25, 0.3) is 0 Å². The van der Waals surface area contributed by atoms with Crippen molar-refractivity contribution in [2.75, 3.05) is 0 Å². The van der Waals surface area contributed by atoms with E-state index in [-0.39, 0.29) is 5.82 Å². The average Bonchev–Trinajstić information content (AvgIpc) is 2.30. The lowest BCUT2D eigenvalue weighted by Gasteiger charge is -1.92. The Morgan fingerprint density at radius 1 is 1.70 bits per heavy atom. The van der Waals surface area contributed by atoms with E-state index in [1.165, 1.54) is 0 Å². The van der Waals surface area contributed by atoms with Crippen molar-refractivity contribution in [3.8, 4) is 0 Å². The third-order valence-corrected chi connectivity index (χ3v) is 1.28. The van der Waals surface area contributed by atoms with E-state index < -0.39 is 0 Å². The van der Waals surface area contributed by atoms with Crippen molar-refractivity contribution >= 4 is 6.29 Å². The summed E-state index contributed by atoms with van der Waals surface area (Å²) in [5.41, 5.74) is 0. The molecule has 0 saturated carbocycles. The van der Waals surface area contributed by atoms with Gasteiger partial charge in [0.05, 0.1) is 0 Å². The predicted octanol–water partition coefficient (Wildman–Crippen LogP) is 0.419. The minimum Gasteiger partial charge on any atom is -0.294 e. The van der Waals surface area contributed by atoms with Gasteiger partial charge in [0.15, 0.2) is 6.29 Å². The number of aryl methyl sites for hydroxylation is 2. The fraction of sp³-hybridized carbons (Fsp3) is 0.500. The smallest absolute Gasteiger partial charge is 0.214 e. The average molecular weight is 139 g/mol. The molecule has 1 aromatic rings. The summed E-state index contributed by atoms with van der Waals surface area (Å²) in [6, 6.07) is 0. The molecule has 0 bridgehead atoms. The van der Waals surface area contributed by atoms with Gasteiger partial charge < -0.3 is 0 Å². The van der Waals surface area contributed by atoms with E-state index in [2.05, 4.69) is 10.1 Å². The van der Waals surface area contributed by atoms with E-state index in [0.717, 1.165) is 12.4 Å². The first-order valence-corrected chi connectivity index (χ1v) is 3.14. The van der Waals surface area contributed by atoms with E-state index in [9.17, 15) is 4.79 Å². The zero-order chi connectivity index (χ0) is 7.56. The van der Waals surface area contributed by atoms with Crippen molar-refractivity contribution in [1.82, 2.24) is 14.8 Å². The number of aldehydes is 1. The zero-order valence-electron chi connectivity index (χ0n) is 6.03. The standard InChI is InChI=1S/C6H9N3O/c1-3-9-5(2)7-6(4-10)8-9/h4H,3H2,1-2H3. The maximum Gasteiger partial charge on any atom is 0.214 e. The van der Waals surface area contributed by atoms with Crippen LogP contribution >= 0.6 is 0 Å². The van der Waals surface area contributed by atoms with Crippen LogP contribution in [-0.2, 0) is 6.54 Å². The molecule has 0 N–H and O–H groups in total. The molecular weight excluding hydrogens is 130 g/mol. The van der Waals surface area contributed by atoms with Crippen LogP contribution in [0.4, 0.5) is 0 Å². The monoisotopic (exact) mass is 139 g/mol. The van der Waals surface area contributed by atoms with Gasteiger partial charge in [-0.2, -0.15) is 0 Å². The van der Waals surface area contributed by atoms with Crippen LogP contribution in [0.15, 0.2) is 0 Å². The Balaban J connectivity index is 3.03. The molecule has 0 fully saturated rings. The first-order valence-electron chi connectivity index (χ1n) is 3.14. The first kappa shape index (κ1) is 6.92. The van der Waals surface area contributed by atoms with Gasteiger partial charge >= 0.3 is 0 Å². The van der Waals surface area contributed by atoms with Gasteiger partial charge in [-0.25, -0.2) is 9.67 Å². The molecule has 0 aliphatic heterocycles. The van der Waals surface area contributed by atoms with Crippen molar-refractivity contribution < 1.29 is 4.79 Å². The zero-order valence-corrected chi connectivity index (χ0v) is 6.03. The molecule has 0 aromatic carbocycles. The highest BCUT2D eigenvalue weighted by atomic mass is 16.1. The van der Waals surface area contributed by atoms with E-state index >= 15 is 0 Å². The summed E-state index contributed by atoms with van der Waals surface area (Å²) in [7, 11) is 0. The second-order valence-electron chi connectivity index (χ2n) is 1.95. The predicted molar refractivity (Wildman–Crippen MR) is 35.8 cm³/mol.